The summed E-state index contributed by atoms with van der Waals surface area (Å²) in [7, 11) is 0. The van der Waals surface area contributed by atoms with Crippen LogP contribution in [0.15, 0.2) is 200 Å². The third kappa shape index (κ3) is 5.99. The molecule has 0 atom stereocenters. The smallest absolute Gasteiger partial charge is 0.160 e. The minimum absolute atomic E-state index is 0.0182. The summed E-state index contributed by atoms with van der Waals surface area (Å²) >= 11 is 0. The predicted octanol–water partition coefficient (Wildman–Crippen LogP) is 14.6. The highest BCUT2D eigenvalue weighted by atomic mass is 15.0. The van der Waals surface area contributed by atoms with Crippen molar-refractivity contribution in [1.82, 2.24) is 19.1 Å². The van der Waals surface area contributed by atoms with Crippen LogP contribution in [0.25, 0.3) is 100 Å². The number of benzene rings is 8. The van der Waals surface area contributed by atoms with Crippen molar-refractivity contribution in [3.63, 3.8) is 0 Å². The Kier molecular flexibility index (Phi) is 8.35. The molecule has 0 spiro atoms. The quantitative estimate of drug-likeness (QED) is 0.169. The average molecular weight is 771 g/mol. The minimum Gasteiger partial charge on any atom is -0.309 e. The predicted molar refractivity (Wildman–Crippen MR) is 251 cm³/mol. The van der Waals surface area contributed by atoms with Gasteiger partial charge in [0.05, 0.1) is 39.1 Å². The Labute approximate surface area is 349 Å². The van der Waals surface area contributed by atoms with Gasteiger partial charge in [-0.05, 0) is 83.3 Å². The lowest BCUT2D eigenvalue weighted by atomic mass is 9.86. The molecule has 0 unspecified atom stereocenters. The van der Waals surface area contributed by atoms with Crippen molar-refractivity contribution in [1.29, 1.82) is 0 Å². The molecule has 0 saturated heterocycles. The molecule has 0 bridgehead atoms. The maximum atomic E-state index is 5.26. The van der Waals surface area contributed by atoms with E-state index in [-0.39, 0.29) is 5.41 Å². The summed E-state index contributed by atoms with van der Waals surface area (Å²) in [4.78, 5) is 10.5. The molecule has 4 heteroatoms. The van der Waals surface area contributed by atoms with Crippen LogP contribution in [0.2, 0.25) is 0 Å². The topological polar surface area (TPSA) is 35.6 Å². The fourth-order valence-corrected chi connectivity index (χ4v) is 8.90. The molecule has 0 N–H and O–H groups in total. The lowest BCUT2D eigenvalue weighted by Gasteiger charge is -2.20. The largest absolute Gasteiger partial charge is 0.309 e. The van der Waals surface area contributed by atoms with E-state index in [4.69, 9.17) is 9.97 Å². The molecule has 286 valence electrons. The first-order valence-electron chi connectivity index (χ1n) is 20.7. The third-order valence-electron chi connectivity index (χ3n) is 11.9. The highest BCUT2D eigenvalue weighted by molar-refractivity contribution is 6.11. The zero-order valence-corrected chi connectivity index (χ0v) is 33.8. The molecule has 0 fully saturated rings. The van der Waals surface area contributed by atoms with Crippen LogP contribution < -0.4 is 0 Å². The van der Waals surface area contributed by atoms with Gasteiger partial charge in [0.25, 0.3) is 0 Å². The molecule has 11 aromatic rings. The van der Waals surface area contributed by atoms with Gasteiger partial charge in [-0.3, -0.25) is 0 Å². The van der Waals surface area contributed by atoms with E-state index >= 15 is 0 Å². The van der Waals surface area contributed by atoms with Crippen molar-refractivity contribution in [3.05, 3.63) is 206 Å². The molecule has 0 aliphatic heterocycles. The lowest BCUT2D eigenvalue weighted by Crippen LogP contribution is -2.10. The molecular formula is C56H42N4. The number of nitrogens with zero attached hydrogens (tertiary/aromatic N) is 4. The van der Waals surface area contributed by atoms with Gasteiger partial charge < -0.3 is 9.13 Å². The van der Waals surface area contributed by atoms with Crippen molar-refractivity contribution in [2.45, 2.75) is 26.2 Å². The SMILES string of the molecule is CC(C)(C)c1ccc2c(c1)c1ccccc1n2-c1ccc(-c2nc(-c3ccccc3)cc(-c3ccccc3)n2)cc1-c1cccc(-n2c3ccccc3c3ccccc32)c1. The number of hydrogen-bond acceptors (Lipinski definition) is 2. The Morgan fingerprint density at radius 1 is 0.367 bits per heavy atom. The molecule has 0 radical (unpaired) electrons. The van der Waals surface area contributed by atoms with Gasteiger partial charge in [0, 0.05) is 49.5 Å². The zero-order valence-electron chi connectivity index (χ0n) is 33.8. The second-order valence-electron chi connectivity index (χ2n) is 16.7. The van der Waals surface area contributed by atoms with Crippen LogP contribution in [0.1, 0.15) is 26.3 Å². The maximum absolute atomic E-state index is 5.26. The normalized spacial score (nSPS) is 11.9. The molecule has 3 heterocycles. The second-order valence-corrected chi connectivity index (χ2v) is 16.7. The molecule has 8 aromatic carbocycles. The summed E-state index contributed by atoms with van der Waals surface area (Å²) in [6.45, 7) is 6.85. The van der Waals surface area contributed by atoms with Crippen LogP contribution in [0.3, 0.4) is 0 Å². The highest BCUT2D eigenvalue weighted by Crippen LogP contribution is 2.41. The van der Waals surface area contributed by atoms with Crippen LogP contribution in [-0.4, -0.2) is 19.1 Å². The van der Waals surface area contributed by atoms with Gasteiger partial charge >= 0.3 is 0 Å². The van der Waals surface area contributed by atoms with Crippen LogP contribution >= 0.6 is 0 Å². The van der Waals surface area contributed by atoms with Gasteiger partial charge in [0.2, 0.25) is 0 Å². The standard InChI is InChI=1S/C56H42N4/c1-56(2,3)41-30-32-54-47(35-41)45-25-12-15-28-52(45)60(54)53-31-29-40(55-57-48(37-17-6-4-7-18-37)36-49(58-55)38-19-8-5-9-20-38)34-46(53)39-21-16-22-42(33-39)59-50-26-13-10-23-43(50)44-24-11-14-27-51(44)59/h4-36H,1-3H3. The van der Waals surface area contributed by atoms with E-state index in [1.807, 2.05) is 12.1 Å². The Morgan fingerprint density at radius 2 is 0.883 bits per heavy atom. The van der Waals surface area contributed by atoms with Crippen molar-refractivity contribution in [2.75, 3.05) is 0 Å². The summed E-state index contributed by atoms with van der Waals surface area (Å²) in [6, 6.07) is 71.8. The minimum atomic E-state index is 0.0182. The molecule has 3 aromatic heterocycles. The molecule has 4 nitrogen and oxygen atoms in total. The maximum Gasteiger partial charge on any atom is 0.160 e. The highest BCUT2D eigenvalue weighted by Gasteiger charge is 2.22. The van der Waals surface area contributed by atoms with Gasteiger partial charge in [0.15, 0.2) is 5.82 Å². The molecule has 0 aliphatic carbocycles. The van der Waals surface area contributed by atoms with E-state index in [2.05, 4.69) is 218 Å². The van der Waals surface area contributed by atoms with Crippen LogP contribution in [-0.2, 0) is 5.41 Å². The van der Waals surface area contributed by atoms with E-state index in [9.17, 15) is 0 Å². The Bertz CT molecular complexity index is 3290. The van der Waals surface area contributed by atoms with Crippen LogP contribution in [0.4, 0.5) is 0 Å². The molecule has 0 aliphatic rings. The van der Waals surface area contributed by atoms with Gasteiger partial charge in [0.1, 0.15) is 0 Å². The zero-order chi connectivity index (χ0) is 40.4. The molecular weight excluding hydrogens is 729 g/mol. The number of rotatable bonds is 6. The Hall–Kier alpha value is -7.56. The lowest BCUT2D eigenvalue weighted by molar-refractivity contribution is 0.591. The number of para-hydroxylation sites is 3. The number of fused-ring (bicyclic) bond motifs is 6. The van der Waals surface area contributed by atoms with Crippen molar-refractivity contribution in [3.8, 4) is 56.4 Å². The summed E-state index contributed by atoms with van der Waals surface area (Å²) in [5.41, 5.74) is 15.2. The van der Waals surface area contributed by atoms with Gasteiger partial charge in [-0.1, -0.05) is 154 Å². The van der Waals surface area contributed by atoms with Gasteiger partial charge in [-0.25, -0.2) is 9.97 Å². The second kappa shape index (κ2) is 14.1. The van der Waals surface area contributed by atoms with E-state index in [1.165, 1.54) is 49.2 Å². The van der Waals surface area contributed by atoms with E-state index in [0.29, 0.717) is 5.82 Å². The van der Waals surface area contributed by atoms with Crippen molar-refractivity contribution in [2.24, 2.45) is 0 Å². The monoisotopic (exact) mass is 770 g/mol. The van der Waals surface area contributed by atoms with E-state index in [0.717, 1.165) is 50.6 Å². The van der Waals surface area contributed by atoms with Crippen molar-refractivity contribution < 1.29 is 0 Å². The first-order chi connectivity index (χ1) is 29.4. The molecule has 0 amide bonds. The molecule has 60 heavy (non-hydrogen) atoms. The summed E-state index contributed by atoms with van der Waals surface area (Å²) in [5, 5.41) is 4.97. The summed E-state index contributed by atoms with van der Waals surface area (Å²) < 4.78 is 4.84. The summed E-state index contributed by atoms with van der Waals surface area (Å²) in [6.07, 6.45) is 0. The third-order valence-corrected chi connectivity index (χ3v) is 11.9. The Balaban J connectivity index is 1.18. The summed E-state index contributed by atoms with van der Waals surface area (Å²) in [5.74, 6) is 0.679. The fourth-order valence-electron chi connectivity index (χ4n) is 8.90. The van der Waals surface area contributed by atoms with E-state index < -0.39 is 0 Å². The van der Waals surface area contributed by atoms with Crippen LogP contribution in [0, 0.1) is 0 Å². The number of aromatic nitrogens is 4. The van der Waals surface area contributed by atoms with Crippen LogP contribution in [0.5, 0.6) is 0 Å². The number of hydrogen-bond donors (Lipinski definition) is 0. The fraction of sp³-hybridized carbons (Fsp3) is 0.0714. The van der Waals surface area contributed by atoms with Gasteiger partial charge in [-0.2, -0.15) is 0 Å². The van der Waals surface area contributed by atoms with Gasteiger partial charge in [-0.15, -0.1) is 0 Å². The first-order valence-corrected chi connectivity index (χ1v) is 20.7. The Morgan fingerprint density at radius 3 is 1.48 bits per heavy atom. The first kappa shape index (κ1) is 35.6. The molecule has 11 rings (SSSR count). The molecule has 0 saturated carbocycles. The van der Waals surface area contributed by atoms with E-state index in [1.54, 1.807) is 0 Å². The van der Waals surface area contributed by atoms with Crippen molar-refractivity contribution >= 4 is 43.6 Å². The average Bonchev–Trinajstić information content (AvgIpc) is 3.82.